The van der Waals surface area contributed by atoms with Crippen LogP contribution in [0.25, 0.3) is 0 Å². The van der Waals surface area contributed by atoms with Crippen molar-refractivity contribution in [2.75, 3.05) is 6.54 Å². The molecule has 50 valence electrons. The van der Waals surface area contributed by atoms with Crippen LogP contribution < -0.4 is 11.1 Å². The summed E-state index contributed by atoms with van der Waals surface area (Å²) in [7, 11) is -0.779. The van der Waals surface area contributed by atoms with Crippen molar-refractivity contribution in [1.29, 1.82) is 0 Å². The Morgan fingerprint density at radius 1 is 1.50 bits per heavy atom. The van der Waals surface area contributed by atoms with Crippen LogP contribution in [0.15, 0.2) is 0 Å². The second-order valence-electron chi connectivity index (χ2n) is 2.10. The van der Waals surface area contributed by atoms with E-state index in [1.165, 1.54) is 12.1 Å². The van der Waals surface area contributed by atoms with E-state index in [1.807, 2.05) is 0 Å². The van der Waals surface area contributed by atoms with Gasteiger partial charge in [0.15, 0.2) is 0 Å². The third-order valence-corrected chi connectivity index (χ3v) is 3.50. The lowest BCUT2D eigenvalue weighted by Gasteiger charge is -2.02. The largest absolute Gasteiger partial charge is 0.353 e. The van der Waals surface area contributed by atoms with Gasteiger partial charge in [0, 0.05) is 0 Å². The van der Waals surface area contributed by atoms with Crippen LogP contribution in [0.3, 0.4) is 0 Å². The standard InChI is InChI=1S/C5H16N2Si/c1-2-8(7)5-3-4-6/h8H,2-7H2,1H3. The van der Waals surface area contributed by atoms with Crippen molar-refractivity contribution in [3.05, 3.63) is 0 Å². The first-order chi connectivity index (χ1) is 3.81. The Morgan fingerprint density at radius 2 is 2.12 bits per heavy atom. The molecule has 0 radical (unpaired) electrons. The van der Waals surface area contributed by atoms with Crippen molar-refractivity contribution < 1.29 is 0 Å². The molecule has 0 bridgehead atoms. The van der Waals surface area contributed by atoms with Gasteiger partial charge in [-0.3, -0.25) is 0 Å². The first-order valence-corrected chi connectivity index (χ1v) is 5.56. The van der Waals surface area contributed by atoms with Crippen molar-refractivity contribution in [2.45, 2.75) is 25.4 Å². The highest BCUT2D eigenvalue weighted by Gasteiger charge is 1.97. The molecule has 1 atom stereocenters. The molecule has 8 heavy (non-hydrogen) atoms. The molecule has 0 rings (SSSR count). The first kappa shape index (κ1) is 8.14. The number of hydrogen-bond acceptors (Lipinski definition) is 2. The Labute approximate surface area is 52.9 Å². The Bertz CT molecular complexity index is 49.7. The number of hydrogen-bond donors (Lipinski definition) is 2. The maximum Gasteiger partial charge on any atom is 0.106 e. The van der Waals surface area contributed by atoms with Gasteiger partial charge in [0.05, 0.1) is 0 Å². The molecule has 0 fully saturated rings. The summed E-state index contributed by atoms with van der Waals surface area (Å²) in [5.41, 5.74) is 5.30. The van der Waals surface area contributed by atoms with E-state index in [0.717, 1.165) is 13.0 Å². The van der Waals surface area contributed by atoms with Gasteiger partial charge in [-0.05, 0) is 19.0 Å². The second-order valence-corrected chi connectivity index (χ2v) is 5.01. The lowest BCUT2D eigenvalue weighted by Crippen LogP contribution is -2.24. The maximum absolute atomic E-state index is 5.74. The Hall–Kier alpha value is 0.137. The molecule has 2 nitrogen and oxygen atoms in total. The predicted molar refractivity (Wildman–Crippen MR) is 40.3 cm³/mol. The molecule has 1 unspecified atom stereocenters. The summed E-state index contributed by atoms with van der Waals surface area (Å²) in [4.78, 5) is 0. The summed E-state index contributed by atoms with van der Waals surface area (Å²) in [5.74, 6) is 0. The van der Waals surface area contributed by atoms with Gasteiger partial charge >= 0.3 is 0 Å². The molecule has 4 N–H and O–H groups in total. The van der Waals surface area contributed by atoms with E-state index in [0.29, 0.717) is 0 Å². The van der Waals surface area contributed by atoms with Gasteiger partial charge < -0.3 is 11.1 Å². The van der Waals surface area contributed by atoms with Gasteiger partial charge in [-0.15, -0.1) is 0 Å². The smallest absolute Gasteiger partial charge is 0.106 e. The summed E-state index contributed by atoms with van der Waals surface area (Å²) in [6.07, 6.45) is 1.13. The quantitative estimate of drug-likeness (QED) is 0.531. The Morgan fingerprint density at radius 3 is 2.50 bits per heavy atom. The zero-order valence-corrected chi connectivity index (χ0v) is 6.72. The molecule has 0 aromatic heterocycles. The minimum Gasteiger partial charge on any atom is -0.353 e. The van der Waals surface area contributed by atoms with Gasteiger partial charge in [0.25, 0.3) is 0 Å². The fourth-order valence-corrected chi connectivity index (χ4v) is 1.75. The molecule has 0 spiro atoms. The molecular weight excluding hydrogens is 116 g/mol. The molecule has 0 saturated heterocycles. The molecule has 0 amide bonds. The van der Waals surface area contributed by atoms with Gasteiger partial charge in [-0.2, -0.15) is 0 Å². The summed E-state index contributed by atoms with van der Waals surface area (Å²) >= 11 is 0. The molecule has 0 aliphatic rings. The summed E-state index contributed by atoms with van der Waals surface area (Å²) in [6.45, 7) is 2.97. The third kappa shape index (κ3) is 4.30. The summed E-state index contributed by atoms with van der Waals surface area (Å²) in [6, 6.07) is 2.42. The van der Waals surface area contributed by atoms with E-state index in [1.54, 1.807) is 0 Å². The van der Waals surface area contributed by atoms with Crippen molar-refractivity contribution in [3.8, 4) is 0 Å². The topological polar surface area (TPSA) is 52.0 Å². The van der Waals surface area contributed by atoms with E-state index < -0.39 is 8.96 Å². The average molecular weight is 132 g/mol. The minimum atomic E-state index is -0.779. The summed E-state index contributed by atoms with van der Waals surface area (Å²) < 4.78 is 0. The van der Waals surface area contributed by atoms with Gasteiger partial charge in [-0.25, -0.2) is 0 Å². The second kappa shape index (κ2) is 5.28. The van der Waals surface area contributed by atoms with Crippen molar-refractivity contribution >= 4 is 8.96 Å². The van der Waals surface area contributed by atoms with Crippen LogP contribution in [0.5, 0.6) is 0 Å². The van der Waals surface area contributed by atoms with Crippen LogP contribution in [-0.2, 0) is 0 Å². The molecule has 0 heterocycles. The van der Waals surface area contributed by atoms with Crippen molar-refractivity contribution in [2.24, 2.45) is 11.1 Å². The van der Waals surface area contributed by atoms with Crippen molar-refractivity contribution in [1.82, 2.24) is 0 Å². The molecule has 0 saturated carbocycles. The zero-order chi connectivity index (χ0) is 6.41. The highest BCUT2D eigenvalue weighted by Crippen LogP contribution is 1.93. The van der Waals surface area contributed by atoms with E-state index in [9.17, 15) is 0 Å². The molecule has 0 aliphatic heterocycles. The van der Waals surface area contributed by atoms with E-state index in [4.69, 9.17) is 11.1 Å². The zero-order valence-electron chi connectivity index (χ0n) is 5.56. The lowest BCUT2D eigenvalue weighted by atomic mass is 10.5. The molecule has 0 aliphatic carbocycles. The van der Waals surface area contributed by atoms with Gasteiger partial charge in [0.1, 0.15) is 8.96 Å². The Balaban J connectivity index is 2.86. The maximum atomic E-state index is 5.74. The molecule has 3 heteroatoms. The highest BCUT2D eigenvalue weighted by atomic mass is 28.3. The van der Waals surface area contributed by atoms with Crippen LogP contribution in [0.1, 0.15) is 13.3 Å². The average Bonchev–Trinajstić information content (AvgIpc) is 1.83. The lowest BCUT2D eigenvalue weighted by molar-refractivity contribution is 0.914. The fraction of sp³-hybridized carbons (Fsp3) is 1.00. The van der Waals surface area contributed by atoms with Crippen molar-refractivity contribution in [3.63, 3.8) is 0 Å². The number of rotatable bonds is 4. The third-order valence-electron chi connectivity index (χ3n) is 1.30. The SMILES string of the molecule is CC[SiH](N)CCCN. The first-order valence-electron chi connectivity index (χ1n) is 3.27. The monoisotopic (exact) mass is 132 g/mol. The Kier molecular flexibility index (Phi) is 5.37. The van der Waals surface area contributed by atoms with Gasteiger partial charge in [0.2, 0.25) is 0 Å². The molecule has 0 aromatic rings. The van der Waals surface area contributed by atoms with E-state index in [-0.39, 0.29) is 0 Å². The molecular formula is C5H16N2Si. The van der Waals surface area contributed by atoms with Crippen LogP contribution in [-0.4, -0.2) is 15.5 Å². The summed E-state index contributed by atoms with van der Waals surface area (Å²) in [5, 5.41) is 5.74. The number of nitrogens with two attached hydrogens (primary N) is 2. The fourth-order valence-electron chi connectivity index (χ4n) is 0.584. The van der Waals surface area contributed by atoms with Crippen LogP contribution >= 0.6 is 0 Å². The normalized spacial score (nSPS) is 13.9. The minimum absolute atomic E-state index is 0.779. The van der Waals surface area contributed by atoms with Gasteiger partial charge in [-0.1, -0.05) is 13.0 Å². The molecule has 0 aromatic carbocycles. The van der Waals surface area contributed by atoms with Crippen LogP contribution in [0, 0.1) is 0 Å². The predicted octanol–water partition coefficient (Wildman–Crippen LogP) is 0.0376. The highest BCUT2D eigenvalue weighted by molar-refractivity contribution is 6.54. The van der Waals surface area contributed by atoms with Crippen LogP contribution in [0.4, 0.5) is 0 Å². The van der Waals surface area contributed by atoms with E-state index >= 15 is 0 Å². The van der Waals surface area contributed by atoms with Crippen LogP contribution in [0.2, 0.25) is 12.1 Å². The van der Waals surface area contributed by atoms with E-state index in [2.05, 4.69) is 6.92 Å².